The average molecular weight is 290 g/mol. The number of aryl methyl sites for hydroxylation is 1. The molecule has 2 aromatic carbocycles. The molecule has 0 heterocycles. The van der Waals surface area contributed by atoms with Crippen LogP contribution in [0, 0.1) is 18.6 Å². The summed E-state index contributed by atoms with van der Waals surface area (Å²) in [6, 6.07) is 11.6. The van der Waals surface area contributed by atoms with Gasteiger partial charge in [0.2, 0.25) is 0 Å². The van der Waals surface area contributed by atoms with E-state index in [0.29, 0.717) is 24.2 Å². The Bertz CT molecular complexity index is 613. The monoisotopic (exact) mass is 290 g/mol. The van der Waals surface area contributed by atoms with Crippen LogP contribution in [-0.4, -0.2) is 18.5 Å². The molecule has 0 aromatic heterocycles. The quantitative estimate of drug-likeness (QED) is 0.914. The molecular weight excluding hydrogens is 270 g/mol. The summed E-state index contributed by atoms with van der Waals surface area (Å²) in [7, 11) is 1.89. The van der Waals surface area contributed by atoms with Crippen molar-refractivity contribution in [2.75, 3.05) is 13.6 Å². The fraction of sp³-hybridized carbons (Fsp3) is 0.294. The molecule has 2 N–H and O–H groups in total. The van der Waals surface area contributed by atoms with Crippen molar-refractivity contribution in [2.45, 2.75) is 19.5 Å². The maximum Gasteiger partial charge on any atom is 0.127 e. The number of nitrogens with two attached hydrogens (primary N) is 1. The van der Waals surface area contributed by atoms with Crippen LogP contribution in [0.5, 0.6) is 0 Å². The van der Waals surface area contributed by atoms with E-state index in [0.717, 1.165) is 5.56 Å². The largest absolute Gasteiger partial charge is 0.329 e. The molecule has 0 fully saturated rings. The minimum atomic E-state index is -0.230. The molecule has 0 aliphatic rings. The highest BCUT2D eigenvalue weighted by molar-refractivity contribution is 5.27. The highest BCUT2D eigenvalue weighted by Crippen LogP contribution is 2.23. The predicted octanol–water partition coefficient (Wildman–Crippen LogP) is 3.41. The smallest absolute Gasteiger partial charge is 0.127 e. The number of hydrogen-bond donors (Lipinski definition) is 1. The SMILES string of the molecule is Cc1cc(C(CN)N(C)Cc2ccccc2F)ccc1F. The third-order valence-electron chi connectivity index (χ3n) is 3.70. The molecule has 0 saturated carbocycles. The molecule has 112 valence electrons. The number of hydrogen-bond acceptors (Lipinski definition) is 2. The van der Waals surface area contributed by atoms with E-state index in [1.165, 1.54) is 12.1 Å². The third-order valence-corrected chi connectivity index (χ3v) is 3.70. The maximum atomic E-state index is 13.7. The Hall–Kier alpha value is -1.78. The molecule has 0 radical (unpaired) electrons. The summed E-state index contributed by atoms with van der Waals surface area (Å²) >= 11 is 0. The first-order chi connectivity index (χ1) is 10.0. The standard InChI is InChI=1S/C17H20F2N2/c1-12-9-13(7-8-15(12)18)17(10-20)21(2)11-14-5-3-4-6-16(14)19/h3-9,17H,10-11,20H2,1-2H3. The van der Waals surface area contributed by atoms with Gasteiger partial charge in [-0.15, -0.1) is 0 Å². The summed E-state index contributed by atoms with van der Waals surface area (Å²) in [5, 5.41) is 0. The van der Waals surface area contributed by atoms with Gasteiger partial charge in [-0.25, -0.2) is 8.78 Å². The minimum absolute atomic E-state index is 0.0797. The van der Waals surface area contributed by atoms with Gasteiger partial charge in [0, 0.05) is 24.7 Å². The van der Waals surface area contributed by atoms with E-state index in [-0.39, 0.29) is 17.7 Å². The fourth-order valence-corrected chi connectivity index (χ4v) is 2.45. The average Bonchev–Trinajstić information content (AvgIpc) is 2.46. The van der Waals surface area contributed by atoms with E-state index < -0.39 is 0 Å². The van der Waals surface area contributed by atoms with E-state index >= 15 is 0 Å². The summed E-state index contributed by atoms with van der Waals surface area (Å²) in [6.45, 7) is 2.56. The summed E-state index contributed by atoms with van der Waals surface area (Å²) in [6.07, 6.45) is 0. The zero-order chi connectivity index (χ0) is 15.4. The zero-order valence-corrected chi connectivity index (χ0v) is 12.3. The normalized spacial score (nSPS) is 12.7. The van der Waals surface area contributed by atoms with Gasteiger partial charge in [0.15, 0.2) is 0 Å². The van der Waals surface area contributed by atoms with Gasteiger partial charge < -0.3 is 5.73 Å². The van der Waals surface area contributed by atoms with Crippen LogP contribution < -0.4 is 5.73 Å². The van der Waals surface area contributed by atoms with Crippen LogP contribution in [0.25, 0.3) is 0 Å². The molecule has 0 spiro atoms. The summed E-state index contributed by atoms with van der Waals surface area (Å²) in [4.78, 5) is 1.98. The van der Waals surface area contributed by atoms with E-state index in [1.807, 2.05) is 18.0 Å². The Morgan fingerprint density at radius 3 is 2.43 bits per heavy atom. The first-order valence-corrected chi connectivity index (χ1v) is 6.92. The molecule has 0 bridgehead atoms. The van der Waals surface area contributed by atoms with Crippen molar-refractivity contribution < 1.29 is 8.78 Å². The minimum Gasteiger partial charge on any atom is -0.329 e. The third kappa shape index (κ3) is 3.65. The second kappa shape index (κ2) is 6.78. The van der Waals surface area contributed by atoms with Crippen LogP contribution in [0.15, 0.2) is 42.5 Å². The predicted molar refractivity (Wildman–Crippen MR) is 80.8 cm³/mol. The van der Waals surface area contributed by atoms with Gasteiger partial charge in [0.25, 0.3) is 0 Å². The molecule has 0 saturated heterocycles. The van der Waals surface area contributed by atoms with Crippen LogP contribution in [0.4, 0.5) is 8.78 Å². The Morgan fingerprint density at radius 1 is 1.10 bits per heavy atom. The van der Waals surface area contributed by atoms with E-state index in [1.54, 1.807) is 31.2 Å². The van der Waals surface area contributed by atoms with Crippen LogP contribution >= 0.6 is 0 Å². The summed E-state index contributed by atoms with van der Waals surface area (Å²) in [5.74, 6) is -0.457. The molecule has 0 aliphatic heterocycles. The highest BCUT2D eigenvalue weighted by atomic mass is 19.1. The van der Waals surface area contributed by atoms with Crippen molar-refractivity contribution in [3.63, 3.8) is 0 Å². The summed E-state index contributed by atoms with van der Waals surface area (Å²) in [5.41, 5.74) is 8.01. The Labute approximate surface area is 124 Å². The van der Waals surface area contributed by atoms with Gasteiger partial charge in [-0.3, -0.25) is 4.90 Å². The van der Waals surface area contributed by atoms with Gasteiger partial charge in [-0.2, -0.15) is 0 Å². The molecular formula is C17H20F2N2. The Balaban J connectivity index is 2.20. The topological polar surface area (TPSA) is 29.3 Å². The molecule has 4 heteroatoms. The van der Waals surface area contributed by atoms with E-state index in [9.17, 15) is 8.78 Å². The molecule has 1 unspecified atom stereocenters. The highest BCUT2D eigenvalue weighted by Gasteiger charge is 2.17. The lowest BCUT2D eigenvalue weighted by Gasteiger charge is -2.28. The number of halogens is 2. The number of nitrogens with zero attached hydrogens (tertiary/aromatic N) is 1. The van der Waals surface area contributed by atoms with Gasteiger partial charge in [-0.05, 0) is 37.2 Å². The molecule has 2 rings (SSSR count). The lowest BCUT2D eigenvalue weighted by molar-refractivity contribution is 0.238. The van der Waals surface area contributed by atoms with E-state index in [2.05, 4.69) is 0 Å². The lowest BCUT2D eigenvalue weighted by atomic mass is 10.0. The van der Waals surface area contributed by atoms with Gasteiger partial charge in [0.05, 0.1) is 0 Å². The first kappa shape index (κ1) is 15.6. The van der Waals surface area contributed by atoms with Crippen molar-refractivity contribution in [3.05, 3.63) is 70.8 Å². The van der Waals surface area contributed by atoms with Crippen molar-refractivity contribution in [3.8, 4) is 0 Å². The van der Waals surface area contributed by atoms with Crippen molar-refractivity contribution in [1.29, 1.82) is 0 Å². The number of benzene rings is 2. The van der Waals surface area contributed by atoms with Gasteiger partial charge >= 0.3 is 0 Å². The molecule has 1 atom stereocenters. The molecule has 2 nitrogen and oxygen atoms in total. The van der Waals surface area contributed by atoms with Crippen molar-refractivity contribution >= 4 is 0 Å². The maximum absolute atomic E-state index is 13.7. The Morgan fingerprint density at radius 2 is 1.81 bits per heavy atom. The lowest BCUT2D eigenvalue weighted by Crippen LogP contribution is -2.30. The zero-order valence-electron chi connectivity index (χ0n) is 12.3. The second-order valence-corrected chi connectivity index (χ2v) is 5.27. The second-order valence-electron chi connectivity index (χ2n) is 5.27. The van der Waals surface area contributed by atoms with Gasteiger partial charge in [-0.1, -0.05) is 30.3 Å². The fourth-order valence-electron chi connectivity index (χ4n) is 2.45. The van der Waals surface area contributed by atoms with Crippen LogP contribution in [0.1, 0.15) is 22.7 Å². The first-order valence-electron chi connectivity index (χ1n) is 6.92. The molecule has 21 heavy (non-hydrogen) atoms. The Kier molecular flexibility index (Phi) is 5.04. The number of likely N-dealkylation sites (N-methyl/N-ethyl adjacent to an activating group) is 1. The summed E-state index contributed by atoms with van der Waals surface area (Å²) < 4.78 is 27.1. The van der Waals surface area contributed by atoms with Crippen molar-refractivity contribution in [1.82, 2.24) is 4.90 Å². The van der Waals surface area contributed by atoms with Crippen LogP contribution in [0.3, 0.4) is 0 Å². The molecule has 2 aromatic rings. The van der Waals surface area contributed by atoms with Crippen LogP contribution in [-0.2, 0) is 6.54 Å². The number of rotatable bonds is 5. The van der Waals surface area contributed by atoms with Crippen LogP contribution in [0.2, 0.25) is 0 Å². The van der Waals surface area contributed by atoms with E-state index in [4.69, 9.17) is 5.73 Å². The van der Waals surface area contributed by atoms with Crippen molar-refractivity contribution in [2.24, 2.45) is 5.73 Å². The van der Waals surface area contributed by atoms with Gasteiger partial charge in [0.1, 0.15) is 11.6 Å². The molecule has 0 amide bonds. The molecule has 0 aliphatic carbocycles.